The van der Waals surface area contributed by atoms with Crippen molar-refractivity contribution in [2.75, 3.05) is 24.3 Å². The van der Waals surface area contributed by atoms with Crippen molar-refractivity contribution in [2.24, 2.45) is 0 Å². The van der Waals surface area contributed by atoms with Crippen molar-refractivity contribution in [1.82, 2.24) is 0 Å². The van der Waals surface area contributed by atoms with Crippen LogP contribution < -0.4 is 15.8 Å². The molecular formula is C13H16N2O2S. The second kappa shape index (κ2) is 6.28. The zero-order valence-electron chi connectivity index (χ0n) is 9.93. The molecule has 0 amide bonds. The van der Waals surface area contributed by atoms with Crippen LogP contribution >= 0.6 is 11.3 Å². The van der Waals surface area contributed by atoms with Crippen LogP contribution in [0.1, 0.15) is 5.56 Å². The molecule has 0 aliphatic carbocycles. The van der Waals surface area contributed by atoms with E-state index in [9.17, 15) is 0 Å². The summed E-state index contributed by atoms with van der Waals surface area (Å²) in [6.07, 6.45) is 0. The Morgan fingerprint density at radius 1 is 1.33 bits per heavy atom. The van der Waals surface area contributed by atoms with Gasteiger partial charge in [0, 0.05) is 12.2 Å². The fourth-order valence-electron chi connectivity index (χ4n) is 1.56. The first-order chi connectivity index (χ1) is 8.79. The molecule has 1 heterocycles. The molecule has 2 rings (SSSR count). The van der Waals surface area contributed by atoms with E-state index >= 15 is 0 Å². The zero-order valence-corrected chi connectivity index (χ0v) is 10.7. The molecule has 0 fully saturated rings. The molecule has 18 heavy (non-hydrogen) atoms. The number of aliphatic hydroxyl groups excluding tert-OH is 1. The maximum Gasteiger partial charge on any atom is 0.142 e. The van der Waals surface area contributed by atoms with E-state index in [0.717, 1.165) is 12.2 Å². The molecule has 0 aliphatic heterocycles. The molecule has 96 valence electrons. The Kier molecular flexibility index (Phi) is 4.44. The van der Waals surface area contributed by atoms with Gasteiger partial charge in [0.2, 0.25) is 0 Å². The highest BCUT2D eigenvalue weighted by atomic mass is 32.1. The Balaban J connectivity index is 2.06. The maximum atomic E-state index is 8.78. The monoisotopic (exact) mass is 264 g/mol. The molecule has 5 heteroatoms. The minimum atomic E-state index is -0.00561. The second-order valence-electron chi connectivity index (χ2n) is 3.81. The van der Waals surface area contributed by atoms with Crippen LogP contribution in [0.25, 0.3) is 0 Å². The van der Waals surface area contributed by atoms with Gasteiger partial charge < -0.3 is 20.9 Å². The normalized spacial score (nSPS) is 10.3. The first kappa shape index (κ1) is 12.7. The van der Waals surface area contributed by atoms with Gasteiger partial charge in [0.1, 0.15) is 12.4 Å². The predicted octanol–water partition coefficient (Wildman–Crippen LogP) is 2.31. The van der Waals surface area contributed by atoms with E-state index < -0.39 is 0 Å². The molecule has 4 nitrogen and oxygen atoms in total. The van der Waals surface area contributed by atoms with E-state index in [1.807, 2.05) is 11.4 Å². The minimum absolute atomic E-state index is 0.00561. The molecule has 1 aromatic heterocycles. The number of ether oxygens (including phenoxy) is 1. The van der Waals surface area contributed by atoms with Gasteiger partial charge in [0.15, 0.2) is 0 Å². The van der Waals surface area contributed by atoms with Crippen LogP contribution in [0.4, 0.5) is 11.4 Å². The van der Waals surface area contributed by atoms with E-state index in [1.54, 1.807) is 23.5 Å². The summed E-state index contributed by atoms with van der Waals surface area (Å²) in [5, 5.41) is 16.2. The molecule has 0 aliphatic rings. The quantitative estimate of drug-likeness (QED) is 0.700. The van der Waals surface area contributed by atoms with Crippen molar-refractivity contribution >= 4 is 22.7 Å². The van der Waals surface area contributed by atoms with E-state index in [4.69, 9.17) is 15.6 Å². The van der Waals surface area contributed by atoms with Crippen molar-refractivity contribution in [1.29, 1.82) is 0 Å². The summed E-state index contributed by atoms with van der Waals surface area (Å²) in [5.41, 5.74) is 8.50. The van der Waals surface area contributed by atoms with Gasteiger partial charge in [-0.2, -0.15) is 11.3 Å². The molecule has 0 unspecified atom stereocenters. The number of nitrogen functional groups attached to an aromatic ring is 1. The Labute approximate surface area is 110 Å². The summed E-state index contributed by atoms with van der Waals surface area (Å²) >= 11 is 1.67. The third-order valence-electron chi connectivity index (χ3n) is 2.42. The maximum absolute atomic E-state index is 8.78. The zero-order chi connectivity index (χ0) is 12.8. The third-order valence-corrected chi connectivity index (χ3v) is 3.15. The highest BCUT2D eigenvalue weighted by Crippen LogP contribution is 2.27. The van der Waals surface area contributed by atoms with Crippen molar-refractivity contribution in [3.63, 3.8) is 0 Å². The molecule has 0 saturated heterocycles. The third kappa shape index (κ3) is 3.38. The average molecular weight is 264 g/mol. The number of rotatable bonds is 6. The van der Waals surface area contributed by atoms with Gasteiger partial charge in [0.05, 0.1) is 12.3 Å². The number of nitrogens with two attached hydrogens (primary N) is 1. The molecular weight excluding hydrogens is 248 g/mol. The lowest BCUT2D eigenvalue weighted by atomic mass is 10.2. The van der Waals surface area contributed by atoms with Gasteiger partial charge in [-0.25, -0.2) is 0 Å². The van der Waals surface area contributed by atoms with E-state index in [1.165, 1.54) is 5.56 Å². The fraction of sp³-hybridized carbons (Fsp3) is 0.231. The Morgan fingerprint density at radius 2 is 2.22 bits per heavy atom. The van der Waals surface area contributed by atoms with Gasteiger partial charge in [-0.05, 0) is 40.6 Å². The van der Waals surface area contributed by atoms with Crippen LogP contribution in [-0.2, 0) is 6.54 Å². The summed E-state index contributed by atoms with van der Waals surface area (Å²) in [7, 11) is 0. The number of hydrogen-bond acceptors (Lipinski definition) is 5. The van der Waals surface area contributed by atoms with Crippen molar-refractivity contribution in [3.8, 4) is 5.75 Å². The van der Waals surface area contributed by atoms with Crippen molar-refractivity contribution < 1.29 is 9.84 Å². The summed E-state index contributed by atoms with van der Waals surface area (Å²) in [6.45, 7) is 0.994. The first-order valence-electron chi connectivity index (χ1n) is 5.67. The van der Waals surface area contributed by atoms with Gasteiger partial charge in [-0.1, -0.05) is 0 Å². The molecule has 1 aromatic carbocycles. The van der Waals surface area contributed by atoms with Gasteiger partial charge in [-0.15, -0.1) is 0 Å². The lowest BCUT2D eigenvalue weighted by Crippen LogP contribution is -2.06. The first-order valence-corrected chi connectivity index (χ1v) is 6.62. The van der Waals surface area contributed by atoms with Crippen LogP contribution in [0, 0.1) is 0 Å². The number of benzene rings is 1. The van der Waals surface area contributed by atoms with Crippen LogP contribution in [0.3, 0.4) is 0 Å². The molecule has 0 atom stereocenters. The molecule has 0 bridgehead atoms. The molecule has 0 radical (unpaired) electrons. The summed E-state index contributed by atoms with van der Waals surface area (Å²) < 4.78 is 5.45. The van der Waals surface area contributed by atoms with Crippen LogP contribution in [0.15, 0.2) is 35.0 Å². The Hall–Kier alpha value is -1.72. The number of nitrogens with one attached hydrogen (secondary N) is 1. The fourth-order valence-corrected chi connectivity index (χ4v) is 2.23. The van der Waals surface area contributed by atoms with Gasteiger partial charge in [0.25, 0.3) is 0 Å². The highest BCUT2D eigenvalue weighted by molar-refractivity contribution is 7.07. The SMILES string of the molecule is Nc1ccc(OCCO)c(NCc2ccsc2)c1. The molecule has 4 N–H and O–H groups in total. The Morgan fingerprint density at radius 3 is 2.94 bits per heavy atom. The lowest BCUT2D eigenvalue weighted by Gasteiger charge is -2.13. The van der Waals surface area contributed by atoms with E-state index in [2.05, 4.69) is 16.8 Å². The number of aliphatic hydroxyl groups is 1. The minimum Gasteiger partial charge on any atom is -0.489 e. The summed E-state index contributed by atoms with van der Waals surface area (Å²) in [4.78, 5) is 0. The molecule has 0 saturated carbocycles. The summed E-state index contributed by atoms with van der Waals surface area (Å²) in [6, 6.07) is 7.49. The van der Waals surface area contributed by atoms with Crippen LogP contribution in [0.2, 0.25) is 0 Å². The van der Waals surface area contributed by atoms with Gasteiger partial charge in [-0.3, -0.25) is 0 Å². The van der Waals surface area contributed by atoms with Crippen LogP contribution in [-0.4, -0.2) is 18.3 Å². The van der Waals surface area contributed by atoms with Gasteiger partial charge >= 0.3 is 0 Å². The van der Waals surface area contributed by atoms with E-state index in [-0.39, 0.29) is 13.2 Å². The largest absolute Gasteiger partial charge is 0.489 e. The van der Waals surface area contributed by atoms with Crippen molar-refractivity contribution in [3.05, 3.63) is 40.6 Å². The average Bonchev–Trinajstić information content (AvgIpc) is 2.88. The van der Waals surface area contributed by atoms with Crippen molar-refractivity contribution in [2.45, 2.75) is 6.54 Å². The van der Waals surface area contributed by atoms with Crippen LogP contribution in [0.5, 0.6) is 5.75 Å². The lowest BCUT2D eigenvalue weighted by molar-refractivity contribution is 0.202. The molecule has 2 aromatic rings. The number of hydrogen-bond donors (Lipinski definition) is 3. The number of anilines is 2. The summed E-state index contributed by atoms with van der Waals surface area (Å²) in [5.74, 6) is 0.702. The smallest absolute Gasteiger partial charge is 0.142 e. The van der Waals surface area contributed by atoms with E-state index in [0.29, 0.717) is 11.4 Å². The second-order valence-corrected chi connectivity index (χ2v) is 4.59. The topological polar surface area (TPSA) is 67.5 Å². The number of thiophene rings is 1. The standard InChI is InChI=1S/C13H16N2O2S/c14-11-1-2-13(17-5-4-16)12(7-11)15-8-10-3-6-18-9-10/h1-3,6-7,9,15-16H,4-5,8,14H2. The predicted molar refractivity (Wildman–Crippen MR) is 75.1 cm³/mol. The molecule has 0 spiro atoms. The Bertz CT molecular complexity index is 486. The highest BCUT2D eigenvalue weighted by Gasteiger charge is 2.04.